The summed E-state index contributed by atoms with van der Waals surface area (Å²) in [5, 5.41) is 4.46. The van der Waals surface area contributed by atoms with Crippen LogP contribution in [0.3, 0.4) is 0 Å². The fraction of sp³-hybridized carbons (Fsp3) is 0.636. The van der Waals surface area contributed by atoms with Gasteiger partial charge in [-0.2, -0.15) is 0 Å². The van der Waals surface area contributed by atoms with E-state index in [1.165, 1.54) is 0 Å². The molecule has 4 amide bonds. The van der Waals surface area contributed by atoms with E-state index < -0.39 is 0 Å². The van der Waals surface area contributed by atoms with Crippen LogP contribution in [0, 0.1) is 0 Å². The summed E-state index contributed by atoms with van der Waals surface area (Å²) in [6, 6.07) is -0.0892. The molecular formula is C11H17ClN4O4. The highest BCUT2D eigenvalue weighted by atomic mass is 35.5. The molecular weight excluding hydrogens is 288 g/mol. The van der Waals surface area contributed by atoms with Gasteiger partial charge in [0.15, 0.2) is 0 Å². The number of halogens is 1. The van der Waals surface area contributed by atoms with Crippen molar-refractivity contribution in [3.63, 3.8) is 0 Å². The lowest BCUT2D eigenvalue weighted by molar-refractivity contribution is -0.140. The first-order valence-corrected chi connectivity index (χ1v) is 6.06. The van der Waals surface area contributed by atoms with Gasteiger partial charge in [-0.1, -0.05) is 0 Å². The molecule has 0 radical (unpaired) electrons. The molecule has 1 atom stereocenters. The van der Waals surface area contributed by atoms with Crippen molar-refractivity contribution >= 4 is 36.0 Å². The summed E-state index contributed by atoms with van der Waals surface area (Å²) in [6.07, 6.45) is 0. The molecule has 2 aliphatic rings. The predicted molar refractivity (Wildman–Crippen MR) is 71.0 cm³/mol. The van der Waals surface area contributed by atoms with Gasteiger partial charge in [-0.15, -0.1) is 12.4 Å². The smallest absolute Gasteiger partial charge is 0.240 e. The highest BCUT2D eigenvalue weighted by Crippen LogP contribution is 2.06. The summed E-state index contributed by atoms with van der Waals surface area (Å²) >= 11 is 0. The first kappa shape index (κ1) is 16.5. The van der Waals surface area contributed by atoms with Gasteiger partial charge in [0.2, 0.25) is 23.6 Å². The van der Waals surface area contributed by atoms with Crippen molar-refractivity contribution in [1.82, 2.24) is 20.4 Å². The highest BCUT2D eigenvalue weighted by Gasteiger charge is 2.29. The molecule has 2 saturated heterocycles. The van der Waals surface area contributed by atoms with Gasteiger partial charge < -0.3 is 0 Å². The van der Waals surface area contributed by atoms with Crippen LogP contribution in [-0.2, 0) is 19.2 Å². The SMILES string of the molecule is C[C@H](CN1CC(=O)NC(=O)C1)N1CC(=O)NC(=O)C1.Cl. The van der Waals surface area contributed by atoms with E-state index in [-0.39, 0.29) is 68.3 Å². The van der Waals surface area contributed by atoms with Crippen molar-refractivity contribution in [1.29, 1.82) is 0 Å². The second kappa shape index (κ2) is 6.78. The second-order valence-electron chi connectivity index (χ2n) is 4.87. The average molecular weight is 305 g/mol. The minimum absolute atomic E-state index is 0. The molecule has 0 aromatic heterocycles. The number of piperazine rings is 2. The lowest BCUT2D eigenvalue weighted by Crippen LogP contribution is -2.58. The van der Waals surface area contributed by atoms with Gasteiger partial charge in [-0.05, 0) is 6.92 Å². The van der Waals surface area contributed by atoms with Gasteiger partial charge in [0.25, 0.3) is 0 Å². The van der Waals surface area contributed by atoms with Crippen molar-refractivity contribution in [2.24, 2.45) is 0 Å². The van der Waals surface area contributed by atoms with Crippen molar-refractivity contribution in [3.05, 3.63) is 0 Å². The lowest BCUT2D eigenvalue weighted by Gasteiger charge is -2.35. The van der Waals surface area contributed by atoms with E-state index in [9.17, 15) is 19.2 Å². The summed E-state index contributed by atoms with van der Waals surface area (Å²) in [7, 11) is 0. The first-order chi connectivity index (χ1) is 8.94. The van der Waals surface area contributed by atoms with Gasteiger partial charge in [-0.3, -0.25) is 39.6 Å². The maximum Gasteiger partial charge on any atom is 0.240 e. The predicted octanol–water partition coefficient (Wildman–Crippen LogP) is -2.29. The number of rotatable bonds is 3. The summed E-state index contributed by atoms with van der Waals surface area (Å²) < 4.78 is 0. The molecule has 2 aliphatic heterocycles. The van der Waals surface area contributed by atoms with Crippen LogP contribution in [-0.4, -0.2) is 72.2 Å². The molecule has 9 heteroatoms. The summed E-state index contributed by atoms with van der Waals surface area (Å²) in [4.78, 5) is 48.5. The number of nitrogens with zero attached hydrogens (tertiary/aromatic N) is 2. The van der Waals surface area contributed by atoms with E-state index in [0.29, 0.717) is 6.54 Å². The Labute approximate surface area is 122 Å². The standard InChI is InChI=1S/C11H16N4O4.ClH/c1-7(15-5-10(18)13-11(19)6-15)2-14-3-8(16)12-9(17)4-14;/h7H,2-6H2,1H3,(H,12,16,17)(H,13,18,19);1H/t7-;/m1./s1. The minimum atomic E-state index is -0.324. The molecule has 2 N–H and O–H groups in total. The van der Waals surface area contributed by atoms with Crippen LogP contribution >= 0.6 is 12.4 Å². The number of carbonyl (C=O) groups excluding carboxylic acids is 4. The summed E-state index contributed by atoms with van der Waals surface area (Å²) in [5.41, 5.74) is 0. The Kier molecular flexibility index (Phi) is 5.61. The van der Waals surface area contributed by atoms with Crippen LogP contribution in [0.1, 0.15) is 6.92 Å². The fourth-order valence-electron chi connectivity index (χ4n) is 2.29. The molecule has 0 aliphatic carbocycles. The zero-order valence-electron chi connectivity index (χ0n) is 11.0. The van der Waals surface area contributed by atoms with Crippen LogP contribution < -0.4 is 10.6 Å². The molecule has 2 heterocycles. The van der Waals surface area contributed by atoms with Gasteiger partial charge in [0.05, 0.1) is 26.2 Å². The van der Waals surface area contributed by atoms with E-state index in [4.69, 9.17) is 0 Å². The number of imide groups is 2. The van der Waals surface area contributed by atoms with Gasteiger partial charge in [0.1, 0.15) is 0 Å². The van der Waals surface area contributed by atoms with E-state index in [2.05, 4.69) is 10.6 Å². The monoisotopic (exact) mass is 304 g/mol. The van der Waals surface area contributed by atoms with Gasteiger partial charge in [0, 0.05) is 12.6 Å². The highest BCUT2D eigenvalue weighted by molar-refractivity contribution is 6.00. The van der Waals surface area contributed by atoms with Gasteiger partial charge in [-0.25, -0.2) is 0 Å². The quantitative estimate of drug-likeness (QED) is 0.570. The molecule has 0 spiro atoms. The van der Waals surface area contributed by atoms with Crippen molar-refractivity contribution in [2.45, 2.75) is 13.0 Å². The number of hydrogen-bond donors (Lipinski definition) is 2. The third kappa shape index (κ3) is 4.26. The van der Waals surface area contributed by atoms with Crippen molar-refractivity contribution in [3.8, 4) is 0 Å². The van der Waals surface area contributed by atoms with Crippen molar-refractivity contribution in [2.75, 3.05) is 32.7 Å². The molecule has 2 fully saturated rings. The van der Waals surface area contributed by atoms with Gasteiger partial charge >= 0.3 is 0 Å². The lowest BCUT2D eigenvalue weighted by atomic mass is 10.2. The maximum atomic E-state index is 11.3. The molecule has 20 heavy (non-hydrogen) atoms. The van der Waals surface area contributed by atoms with Crippen LogP contribution in [0.5, 0.6) is 0 Å². The minimum Gasteiger partial charge on any atom is -0.294 e. The first-order valence-electron chi connectivity index (χ1n) is 6.06. The Balaban J connectivity index is 0.00000200. The fourth-order valence-corrected chi connectivity index (χ4v) is 2.29. The molecule has 112 valence electrons. The second-order valence-corrected chi connectivity index (χ2v) is 4.87. The van der Waals surface area contributed by atoms with E-state index in [1.807, 2.05) is 6.92 Å². The largest absolute Gasteiger partial charge is 0.294 e. The zero-order chi connectivity index (χ0) is 14.0. The maximum absolute atomic E-state index is 11.3. The molecule has 0 bridgehead atoms. The third-order valence-corrected chi connectivity index (χ3v) is 3.13. The Morgan fingerprint density at radius 1 is 0.900 bits per heavy atom. The summed E-state index contributed by atoms with van der Waals surface area (Å²) in [6.45, 7) is 2.94. The van der Waals surface area contributed by atoms with Crippen molar-refractivity contribution < 1.29 is 19.2 Å². The zero-order valence-corrected chi connectivity index (χ0v) is 11.9. The molecule has 8 nitrogen and oxygen atoms in total. The number of carbonyl (C=O) groups is 4. The number of amides is 4. The third-order valence-electron chi connectivity index (χ3n) is 3.13. The molecule has 0 saturated carbocycles. The Morgan fingerprint density at radius 3 is 1.75 bits per heavy atom. The average Bonchev–Trinajstić information content (AvgIpc) is 2.25. The van der Waals surface area contributed by atoms with Crippen LogP contribution in [0.25, 0.3) is 0 Å². The Morgan fingerprint density at radius 2 is 1.30 bits per heavy atom. The normalized spacial score (nSPS) is 22.9. The number of hydrogen-bond acceptors (Lipinski definition) is 6. The topological polar surface area (TPSA) is 98.8 Å². The van der Waals surface area contributed by atoms with E-state index in [0.717, 1.165) is 0 Å². The molecule has 0 aromatic rings. The van der Waals surface area contributed by atoms with Crippen LogP contribution in [0.15, 0.2) is 0 Å². The van der Waals surface area contributed by atoms with E-state index in [1.54, 1.807) is 9.80 Å². The Hall–Kier alpha value is -1.51. The van der Waals surface area contributed by atoms with Crippen LogP contribution in [0.4, 0.5) is 0 Å². The molecule has 0 unspecified atom stereocenters. The summed E-state index contributed by atoms with van der Waals surface area (Å²) in [5.74, 6) is -1.29. The number of nitrogens with one attached hydrogen (secondary N) is 2. The molecule has 0 aromatic carbocycles. The van der Waals surface area contributed by atoms with E-state index >= 15 is 0 Å². The Bertz CT molecular complexity index is 410. The molecule has 2 rings (SSSR count). The van der Waals surface area contributed by atoms with Crippen LogP contribution in [0.2, 0.25) is 0 Å².